The second-order valence-electron chi connectivity index (χ2n) is 5.64. The van der Waals surface area contributed by atoms with Crippen LogP contribution >= 0.6 is 23.8 Å². The van der Waals surface area contributed by atoms with Crippen molar-refractivity contribution in [1.29, 1.82) is 0 Å². The highest BCUT2D eigenvalue weighted by Gasteiger charge is 2.15. The van der Waals surface area contributed by atoms with E-state index in [4.69, 9.17) is 28.2 Å². The SMILES string of the molecule is CCCCn1nnc(NC(=S)NC(=O)c2ccc(-c3cccc(Cl)c3)o2)n1. The predicted octanol–water partition coefficient (Wildman–Crippen LogP) is 3.51. The van der Waals surface area contributed by atoms with Crippen LogP contribution in [-0.4, -0.2) is 31.2 Å². The lowest BCUT2D eigenvalue weighted by atomic mass is 10.2. The zero-order chi connectivity index (χ0) is 19.2. The van der Waals surface area contributed by atoms with Crippen molar-refractivity contribution in [3.8, 4) is 11.3 Å². The quantitative estimate of drug-likeness (QED) is 0.606. The maximum Gasteiger partial charge on any atom is 0.293 e. The molecule has 0 saturated heterocycles. The van der Waals surface area contributed by atoms with Gasteiger partial charge in [0.15, 0.2) is 10.9 Å². The fourth-order valence-electron chi connectivity index (χ4n) is 2.24. The Morgan fingerprint density at radius 1 is 1.33 bits per heavy atom. The van der Waals surface area contributed by atoms with Gasteiger partial charge in [-0.1, -0.05) is 42.2 Å². The number of hydrogen-bond acceptors (Lipinski definition) is 6. The number of tetrazole rings is 1. The number of hydrogen-bond donors (Lipinski definition) is 2. The molecule has 27 heavy (non-hydrogen) atoms. The minimum absolute atomic E-state index is 0.0516. The average Bonchev–Trinajstić information content (AvgIpc) is 3.29. The lowest BCUT2D eigenvalue weighted by Crippen LogP contribution is -2.34. The van der Waals surface area contributed by atoms with E-state index in [1.165, 1.54) is 4.80 Å². The Bertz CT molecular complexity index is 954. The van der Waals surface area contributed by atoms with Gasteiger partial charge in [-0.3, -0.25) is 15.4 Å². The van der Waals surface area contributed by atoms with Gasteiger partial charge in [0.05, 0.1) is 6.54 Å². The van der Waals surface area contributed by atoms with Crippen molar-refractivity contribution >= 4 is 40.8 Å². The van der Waals surface area contributed by atoms with Crippen molar-refractivity contribution in [2.45, 2.75) is 26.3 Å². The van der Waals surface area contributed by atoms with Crippen molar-refractivity contribution in [2.75, 3.05) is 5.32 Å². The molecule has 2 aromatic heterocycles. The molecule has 8 nitrogen and oxygen atoms in total. The largest absolute Gasteiger partial charge is 0.451 e. The highest BCUT2D eigenvalue weighted by atomic mass is 35.5. The lowest BCUT2D eigenvalue weighted by Gasteiger charge is -2.04. The lowest BCUT2D eigenvalue weighted by molar-refractivity contribution is 0.0951. The van der Waals surface area contributed by atoms with Gasteiger partial charge in [0, 0.05) is 10.6 Å². The molecule has 0 radical (unpaired) electrons. The summed E-state index contributed by atoms with van der Waals surface area (Å²) >= 11 is 11.1. The second kappa shape index (κ2) is 8.74. The van der Waals surface area contributed by atoms with Crippen LogP contribution in [0.25, 0.3) is 11.3 Å². The van der Waals surface area contributed by atoms with E-state index in [1.807, 2.05) is 6.07 Å². The van der Waals surface area contributed by atoms with Crippen molar-refractivity contribution in [1.82, 2.24) is 25.5 Å². The number of aryl methyl sites for hydroxylation is 1. The van der Waals surface area contributed by atoms with Crippen LogP contribution in [0.2, 0.25) is 5.02 Å². The van der Waals surface area contributed by atoms with Gasteiger partial charge in [-0.15, -0.1) is 5.10 Å². The summed E-state index contributed by atoms with van der Waals surface area (Å²) in [6.07, 6.45) is 1.98. The first-order valence-corrected chi connectivity index (χ1v) is 9.09. The minimum atomic E-state index is -0.487. The Kier molecular flexibility index (Phi) is 6.15. The summed E-state index contributed by atoms with van der Waals surface area (Å²) < 4.78 is 5.58. The van der Waals surface area contributed by atoms with Crippen LogP contribution in [0.1, 0.15) is 30.3 Å². The number of aromatic nitrogens is 4. The monoisotopic (exact) mass is 404 g/mol. The van der Waals surface area contributed by atoms with Gasteiger partial charge in [0.2, 0.25) is 0 Å². The molecule has 10 heteroatoms. The van der Waals surface area contributed by atoms with Gasteiger partial charge < -0.3 is 4.42 Å². The topological polar surface area (TPSA) is 97.9 Å². The fourth-order valence-corrected chi connectivity index (χ4v) is 2.62. The molecule has 0 aliphatic carbocycles. The van der Waals surface area contributed by atoms with E-state index in [-0.39, 0.29) is 16.8 Å². The van der Waals surface area contributed by atoms with Gasteiger partial charge in [0.25, 0.3) is 11.9 Å². The molecule has 0 aliphatic heterocycles. The van der Waals surface area contributed by atoms with Crippen LogP contribution in [0.5, 0.6) is 0 Å². The first kappa shape index (κ1) is 19.0. The van der Waals surface area contributed by atoms with Crippen LogP contribution in [0.3, 0.4) is 0 Å². The summed E-state index contributed by atoms with van der Waals surface area (Å²) in [6, 6.07) is 10.4. The first-order chi connectivity index (χ1) is 13.0. The molecule has 0 bridgehead atoms. The molecule has 1 aromatic carbocycles. The molecule has 3 aromatic rings. The third-order valence-corrected chi connectivity index (χ3v) is 4.00. The highest BCUT2D eigenvalue weighted by Crippen LogP contribution is 2.24. The van der Waals surface area contributed by atoms with Gasteiger partial charge in [-0.2, -0.15) is 4.80 Å². The van der Waals surface area contributed by atoms with E-state index in [2.05, 4.69) is 33.0 Å². The number of carbonyl (C=O) groups is 1. The van der Waals surface area contributed by atoms with Gasteiger partial charge in [-0.05, 0) is 48.1 Å². The standard InChI is InChI=1S/C17H17ClN6O2S/c1-2-3-9-24-22-16(21-23-24)20-17(27)19-15(25)14-8-7-13(26-14)11-5-4-6-12(18)10-11/h4-8,10H,2-3,9H2,1H3,(H2,19,20,22,25,27). The number of benzene rings is 1. The fraction of sp³-hybridized carbons (Fsp3) is 0.235. The summed E-state index contributed by atoms with van der Waals surface area (Å²) in [4.78, 5) is 13.8. The summed E-state index contributed by atoms with van der Waals surface area (Å²) in [5, 5.41) is 17.7. The Hall–Kier alpha value is -2.78. The van der Waals surface area contributed by atoms with Gasteiger partial charge in [0.1, 0.15) is 5.76 Å². The zero-order valence-electron chi connectivity index (χ0n) is 14.5. The third kappa shape index (κ3) is 5.11. The molecule has 2 N–H and O–H groups in total. The smallest absolute Gasteiger partial charge is 0.293 e. The predicted molar refractivity (Wildman–Crippen MR) is 106 cm³/mol. The number of carbonyl (C=O) groups excluding carboxylic acids is 1. The first-order valence-electron chi connectivity index (χ1n) is 8.31. The molecule has 0 atom stereocenters. The molecule has 2 heterocycles. The van der Waals surface area contributed by atoms with E-state index in [0.717, 1.165) is 18.4 Å². The summed E-state index contributed by atoms with van der Waals surface area (Å²) in [5.74, 6) is 0.380. The van der Waals surface area contributed by atoms with Crippen LogP contribution in [0, 0.1) is 0 Å². The molecule has 3 rings (SSSR count). The molecule has 1 amide bonds. The molecule has 0 spiro atoms. The van der Waals surface area contributed by atoms with Crippen LogP contribution in [-0.2, 0) is 6.54 Å². The molecule has 140 valence electrons. The van der Waals surface area contributed by atoms with Gasteiger partial charge >= 0.3 is 0 Å². The second-order valence-corrected chi connectivity index (χ2v) is 6.49. The molecular weight excluding hydrogens is 388 g/mol. The number of unbranched alkanes of at least 4 members (excludes halogenated alkanes) is 1. The number of amides is 1. The Balaban J connectivity index is 1.58. The van der Waals surface area contributed by atoms with E-state index in [9.17, 15) is 4.79 Å². The van der Waals surface area contributed by atoms with Crippen LogP contribution in [0.15, 0.2) is 40.8 Å². The van der Waals surface area contributed by atoms with E-state index in [0.29, 0.717) is 17.3 Å². The van der Waals surface area contributed by atoms with Gasteiger partial charge in [-0.25, -0.2) is 0 Å². The molecular formula is C17H17ClN6O2S. The van der Waals surface area contributed by atoms with Crippen molar-refractivity contribution in [2.24, 2.45) is 0 Å². The van der Waals surface area contributed by atoms with Crippen molar-refractivity contribution in [3.05, 3.63) is 47.2 Å². The summed E-state index contributed by atoms with van der Waals surface area (Å²) in [7, 11) is 0. The van der Waals surface area contributed by atoms with Crippen LogP contribution in [0.4, 0.5) is 5.95 Å². The van der Waals surface area contributed by atoms with E-state index in [1.54, 1.807) is 30.3 Å². The molecule has 0 saturated carbocycles. The average molecular weight is 405 g/mol. The van der Waals surface area contributed by atoms with Crippen molar-refractivity contribution < 1.29 is 9.21 Å². The summed E-state index contributed by atoms with van der Waals surface area (Å²) in [6.45, 7) is 2.75. The Morgan fingerprint density at radius 3 is 2.96 bits per heavy atom. The number of anilines is 1. The number of thiocarbonyl (C=S) groups is 1. The Morgan fingerprint density at radius 2 is 2.19 bits per heavy atom. The molecule has 0 aliphatic rings. The third-order valence-electron chi connectivity index (χ3n) is 3.56. The number of furan rings is 1. The van der Waals surface area contributed by atoms with Crippen molar-refractivity contribution in [3.63, 3.8) is 0 Å². The number of halogens is 1. The van der Waals surface area contributed by atoms with Crippen LogP contribution < -0.4 is 10.6 Å². The zero-order valence-corrected chi connectivity index (χ0v) is 16.0. The normalized spacial score (nSPS) is 10.6. The minimum Gasteiger partial charge on any atom is -0.451 e. The van der Waals surface area contributed by atoms with E-state index < -0.39 is 5.91 Å². The highest BCUT2D eigenvalue weighted by molar-refractivity contribution is 7.80. The number of nitrogens with one attached hydrogen (secondary N) is 2. The number of nitrogens with zero attached hydrogens (tertiary/aromatic N) is 4. The maximum absolute atomic E-state index is 12.3. The van der Waals surface area contributed by atoms with E-state index >= 15 is 0 Å². The maximum atomic E-state index is 12.3. The molecule has 0 fully saturated rings. The Labute approximate surface area is 165 Å². The number of rotatable bonds is 6. The summed E-state index contributed by atoms with van der Waals surface area (Å²) in [5.41, 5.74) is 0.773. The molecule has 0 unspecified atom stereocenters.